The van der Waals surface area contributed by atoms with Crippen LogP contribution in [0.1, 0.15) is 35.5 Å². The molecule has 0 radical (unpaired) electrons. The zero-order valence-corrected chi connectivity index (χ0v) is 13.0. The standard InChI is InChI=1S/C18H17N3O2/c1-18(2,23)8-7-13-5-6-14(16(19)21-13)11-3-4-12-10-20-17(22)15(12)9-11/h3-6,9,23H,10H2,1-2H3,(H2,19,21)(H,20,22). The predicted octanol–water partition coefficient (Wildman–Crippen LogP) is 1.70. The van der Waals surface area contributed by atoms with Crippen LogP contribution in [0.3, 0.4) is 0 Å². The summed E-state index contributed by atoms with van der Waals surface area (Å²) >= 11 is 0. The summed E-state index contributed by atoms with van der Waals surface area (Å²) in [4.78, 5) is 16.0. The van der Waals surface area contributed by atoms with Gasteiger partial charge in [-0.3, -0.25) is 4.79 Å². The third-order valence-corrected chi connectivity index (χ3v) is 3.53. The van der Waals surface area contributed by atoms with Crippen molar-refractivity contribution in [1.82, 2.24) is 10.3 Å². The van der Waals surface area contributed by atoms with Gasteiger partial charge in [-0.15, -0.1) is 0 Å². The molecule has 0 spiro atoms. The van der Waals surface area contributed by atoms with Crippen LogP contribution in [0.4, 0.5) is 5.82 Å². The molecule has 2 heterocycles. The van der Waals surface area contributed by atoms with Gasteiger partial charge in [0.05, 0.1) is 0 Å². The summed E-state index contributed by atoms with van der Waals surface area (Å²) in [6, 6.07) is 9.24. The van der Waals surface area contributed by atoms with Gasteiger partial charge < -0.3 is 16.2 Å². The number of benzene rings is 1. The fourth-order valence-electron chi connectivity index (χ4n) is 2.39. The van der Waals surface area contributed by atoms with Gasteiger partial charge in [-0.25, -0.2) is 4.98 Å². The molecule has 5 nitrogen and oxygen atoms in total. The first kappa shape index (κ1) is 15.1. The highest BCUT2D eigenvalue weighted by molar-refractivity contribution is 5.99. The van der Waals surface area contributed by atoms with Crippen molar-refractivity contribution < 1.29 is 9.90 Å². The molecular formula is C18H17N3O2. The van der Waals surface area contributed by atoms with Crippen molar-refractivity contribution in [2.45, 2.75) is 26.0 Å². The van der Waals surface area contributed by atoms with Crippen molar-refractivity contribution in [1.29, 1.82) is 0 Å². The molecule has 1 aliphatic heterocycles. The van der Waals surface area contributed by atoms with Gasteiger partial charge in [-0.1, -0.05) is 18.1 Å². The van der Waals surface area contributed by atoms with Crippen molar-refractivity contribution in [3.63, 3.8) is 0 Å². The number of hydrogen-bond donors (Lipinski definition) is 3. The lowest BCUT2D eigenvalue weighted by atomic mass is 10.0. The molecule has 1 amide bonds. The Morgan fingerprint density at radius 1 is 1.26 bits per heavy atom. The van der Waals surface area contributed by atoms with Crippen molar-refractivity contribution in [2.75, 3.05) is 5.73 Å². The van der Waals surface area contributed by atoms with Crippen LogP contribution in [0.2, 0.25) is 0 Å². The minimum atomic E-state index is -1.08. The smallest absolute Gasteiger partial charge is 0.251 e. The number of hydrogen-bond acceptors (Lipinski definition) is 4. The number of pyridine rings is 1. The Kier molecular flexibility index (Phi) is 3.55. The van der Waals surface area contributed by atoms with E-state index in [9.17, 15) is 9.90 Å². The molecule has 23 heavy (non-hydrogen) atoms. The number of aromatic nitrogens is 1. The van der Waals surface area contributed by atoms with E-state index in [4.69, 9.17) is 5.73 Å². The third kappa shape index (κ3) is 3.17. The summed E-state index contributed by atoms with van der Waals surface area (Å²) < 4.78 is 0. The average molecular weight is 307 g/mol. The van der Waals surface area contributed by atoms with Crippen LogP contribution in [0.5, 0.6) is 0 Å². The normalized spacial score (nSPS) is 13.1. The number of anilines is 1. The van der Waals surface area contributed by atoms with E-state index in [1.165, 1.54) is 0 Å². The van der Waals surface area contributed by atoms with Gasteiger partial charge in [0.15, 0.2) is 0 Å². The molecule has 0 fully saturated rings. The Morgan fingerprint density at radius 2 is 2.04 bits per heavy atom. The van der Waals surface area contributed by atoms with E-state index in [0.717, 1.165) is 16.7 Å². The van der Waals surface area contributed by atoms with E-state index in [2.05, 4.69) is 22.1 Å². The summed E-state index contributed by atoms with van der Waals surface area (Å²) in [5.74, 6) is 5.77. The van der Waals surface area contributed by atoms with Crippen molar-refractivity contribution in [3.05, 3.63) is 47.2 Å². The molecular weight excluding hydrogens is 290 g/mol. The second-order valence-electron chi connectivity index (χ2n) is 5.99. The Morgan fingerprint density at radius 3 is 2.74 bits per heavy atom. The van der Waals surface area contributed by atoms with E-state index in [1.54, 1.807) is 19.9 Å². The Labute approximate surface area is 134 Å². The lowest BCUT2D eigenvalue weighted by molar-refractivity contribution is 0.0965. The van der Waals surface area contributed by atoms with Crippen molar-refractivity contribution in [3.8, 4) is 23.0 Å². The third-order valence-electron chi connectivity index (χ3n) is 3.53. The molecule has 2 aromatic rings. The predicted molar refractivity (Wildman–Crippen MR) is 88.4 cm³/mol. The summed E-state index contributed by atoms with van der Waals surface area (Å²) in [7, 11) is 0. The maximum atomic E-state index is 11.8. The highest BCUT2D eigenvalue weighted by Crippen LogP contribution is 2.28. The number of nitrogen functional groups attached to an aromatic ring is 1. The molecule has 0 saturated heterocycles. The Balaban J connectivity index is 1.97. The van der Waals surface area contributed by atoms with Gasteiger partial charge in [0.25, 0.3) is 5.91 Å². The minimum Gasteiger partial charge on any atom is -0.383 e. The van der Waals surface area contributed by atoms with Gasteiger partial charge in [0, 0.05) is 17.7 Å². The number of aliphatic hydroxyl groups is 1. The molecule has 0 atom stereocenters. The number of nitrogens with one attached hydrogen (secondary N) is 1. The van der Waals surface area contributed by atoms with Crippen LogP contribution >= 0.6 is 0 Å². The van der Waals surface area contributed by atoms with E-state index >= 15 is 0 Å². The monoisotopic (exact) mass is 307 g/mol. The van der Waals surface area contributed by atoms with Crippen LogP contribution < -0.4 is 11.1 Å². The SMILES string of the molecule is CC(C)(O)C#Cc1ccc(-c2ccc3c(c2)C(=O)NC3)c(N)n1. The van der Waals surface area contributed by atoms with Crippen LogP contribution in [-0.2, 0) is 6.54 Å². The molecule has 5 heteroatoms. The highest BCUT2D eigenvalue weighted by atomic mass is 16.3. The number of rotatable bonds is 1. The zero-order chi connectivity index (χ0) is 16.6. The molecule has 1 aliphatic rings. The first-order valence-electron chi connectivity index (χ1n) is 7.27. The Hall–Kier alpha value is -2.84. The largest absolute Gasteiger partial charge is 0.383 e. The van der Waals surface area contributed by atoms with Crippen molar-refractivity contribution >= 4 is 11.7 Å². The molecule has 4 N–H and O–H groups in total. The quantitative estimate of drug-likeness (QED) is 0.700. The molecule has 0 unspecified atom stereocenters. The summed E-state index contributed by atoms with van der Waals surface area (Å²) in [6.45, 7) is 3.77. The van der Waals surface area contributed by atoms with Gasteiger partial charge in [-0.05, 0) is 49.1 Å². The zero-order valence-electron chi connectivity index (χ0n) is 13.0. The number of nitrogens with zero attached hydrogens (tertiary/aromatic N) is 1. The van der Waals surface area contributed by atoms with E-state index in [-0.39, 0.29) is 5.91 Å². The number of amides is 1. The number of carbonyl (C=O) groups is 1. The fourth-order valence-corrected chi connectivity index (χ4v) is 2.39. The molecule has 0 bridgehead atoms. The van der Waals surface area contributed by atoms with Crippen LogP contribution in [-0.4, -0.2) is 21.6 Å². The second kappa shape index (κ2) is 5.41. The molecule has 116 valence electrons. The summed E-state index contributed by atoms with van der Waals surface area (Å²) in [5, 5.41) is 12.4. The van der Waals surface area contributed by atoms with E-state index in [0.29, 0.717) is 23.6 Å². The summed E-state index contributed by atoms with van der Waals surface area (Å²) in [5.41, 5.74) is 8.69. The maximum absolute atomic E-state index is 11.8. The van der Waals surface area contributed by atoms with Crippen LogP contribution in [0, 0.1) is 11.8 Å². The topological polar surface area (TPSA) is 88.2 Å². The molecule has 0 saturated carbocycles. The highest BCUT2D eigenvalue weighted by Gasteiger charge is 2.19. The summed E-state index contributed by atoms with van der Waals surface area (Å²) in [6.07, 6.45) is 0. The molecule has 3 rings (SSSR count). The van der Waals surface area contributed by atoms with Gasteiger partial charge >= 0.3 is 0 Å². The Bertz CT molecular complexity index is 855. The second-order valence-corrected chi connectivity index (χ2v) is 5.99. The number of nitrogens with two attached hydrogens (primary N) is 1. The van der Waals surface area contributed by atoms with E-state index in [1.807, 2.05) is 24.3 Å². The van der Waals surface area contributed by atoms with Gasteiger partial charge in [0.1, 0.15) is 17.1 Å². The van der Waals surface area contributed by atoms with Crippen molar-refractivity contribution in [2.24, 2.45) is 0 Å². The molecule has 1 aromatic heterocycles. The first-order valence-corrected chi connectivity index (χ1v) is 7.27. The first-order chi connectivity index (χ1) is 10.8. The lowest BCUT2D eigenvalue weighted by Crippen LogP contribution is -2.14. The number of fused-ring (bicyclic) bond motifs is 1. The molecule has 1 aromatic carbocycles. The molecule has 0 aliphatic carbocycles. The lowest BCUT2D eigenvalue weighted by Gasteiger charge is -2.08. The van der Waals surface area contributed by atoms with Gasteiger partial charge in [0.2, 0.25) is 0 Å². The average Bonchev–Trinajstić information content (AvgIpc) is 2.85. The van der Waals surface area contributed by atoms with Gasteiger partial charge in [-0.2, -0.15) is 0 Å². The minimum absolute atomic E-state index is 0.0685. The maximum Gasteiger partial charge on any atom is 0.251 e. The van der Waals surface area contributed by atoms with Crippen LogP contribution in [0.25, 0.3) is 11.1 Å². The number of carbonyl (C=O) groups excluding carboxylic acids is 1. The fraction of sp³-hybridized carbons (Fsp3) is 0.222. The van der Waals surface area contributed by atoms with E-state index < -0.39 is 5.60 Å². The van der Waals surface area contributed by atoms with Crippen LogP contribution in [0.15, 0.2) is 30.3 Å².